The van der Waals surface area contributed by atoms with E-state index in [0.29, 0.717) is 13.2 Å². The molecule has 0 saturated carbocycles. The minimum atomic E-state index is -0.332. The molecule has 0 spiro atoms. The Bertz CT molecular complexity index is 362. The van der Waals surface area contributed by atoms with Crippen molar-refractivity contribution in [1.82, 2.24) is 9.80 Å². The highest BCUT2D eigenvalue weighted by atomic mass is 16.5. The largest absolute Gasteiger partial charge is 0.464 e. The molecule has 0 bridgehead atoms. The molecule has 0 radical (unpaired) electrons. The maximum atomic E-state index is 12.3. The molecule has 108 valence electrons. The first-order valence-corrected chi connectivity index (χ1v) is 7.09. The molecule has 1 atom stereocenters. The SMILES string of the molecule is CC(C)(C)C(=O)N1CCCN([C@H]2CCOC2=O)CC1. The highest BCUT2D eigenvalue weighted by Gasteiger charge is 2.35. The van der Waals surface area contributed by atoms with Gasteiger partial charge >= 0.3 is 5.97 Å². The normalized spacial score (nSPS) is 26.2. The molecule has 0 aromatic carbocycles. The highest BCUT2D eigenvalue weighted by molar-refractivity contribution is 5.81. The average molecular weight is 268 g/mol. The van der Waals surface area contributed by atoms with Gasteiger partial charge in [-0.25, -0.2) is 0 Å². The maximum Gasteiger partial charge on any atom is 0.323 e. The Hall–Kier alpha value is -1.10. The van der Waals surface area contributed by atoms with E-state index in [2.05, 4.69) is 4.90 Å². The monoisotopic (exact) mass is 268 g/mol. The summed E-state index contributed by atoms with van der Waals surface area (Å²) in [6.45, 7) is 9.51. The van der Waals surface area contributed by atoms with Gasteiger partial charge in [0.1, 0.15) is 6.04 Å². The first-order chi connectivity index (χ1) is 8.89. The van der Waals surface area contributed by atoms with Crippen LogP contribution in [0.2, 0.25) is 0 Å². The lowest BCUT2D eigenvalue weighted by atomic mass is 9.94. The maximum absolute atomic E-state index is 12.3. The number of amides is 1. The van der Waals surface area contributed by atoms with E-state index in [-0.39, 0.29) is 23.3 Å². The summed E-state index contributed by atoms with van der Waals surface area (Å²) < 4.78 is 5.03. The highest BCUT2D eigenvalue weighted by Crippen LogP contribution is 2.21. The number of nitrogens with zero attached hydrogens (tertiary/aromatic N) is 2. The molecule has 19 heavy (non-hydrogen) atoms. The third-order valence-electron chi connectivity index (χ3n) is 3.81. The summed E-state index contributed by atoms with van der Waals surface area (Å²) in [5.74, 6) is 0.0962. The molecular formula is C14H24N2O3. The van der Waals surface area contributed by atoms with Crippen LogP contribution in [0, 0.1) is 5.41 Å². The van der Waals surface area contributed by atoms with Crippen molar-refractivity contribution in [3.05, 3.63) is 0 Å². The van der Waals surface area contributed by atoms with Gasteiger partial charge in [0.2, 0.25) is 5.91 Å². The number of ether oxygens (including phenoxy) is 1. The van der Waals surface area contributed by atoms with E-state index in [1.165, 1.54) is 0 Å². The molecule has 5 heteroatoms. The van der Waals surface area contributed by atoms with Crippen molar-refractivity contribution in [1.29, 1.82) is 0 Å². The molecular weight excluding hydrogens is 244 g/mol. The average Bonchev–Trinajstić information content (AvgIpc) is 2.63. The van der Waals surface area contributed by atoms with E-state index in [1.54, 1.807) is 0 Å². The third-order valence-corrected chi connectivity index (χ3v) is 3.81. The second-order valence-corrected chi connectivity index (χ2v) is 6.40. The number of rotatable bonds is 1. The van der Waals surface area contributed by atoms with E-state index in [1.807, 2.05) is 25.7 Å². The lowest BCUT2D eigenvalue weighted by molar-refractivity contribution is -0.142. The van der Waals surface area contributed by atoms with Crippen molar-refractivity contribution >= 4 is 11.9 Å². The summed E-state index contributed by atoms with van der Waals surface area (Å²) in [5, 5.41) is 0. The predicted molar refractivity (Wildman–Crippen MR) is 71.6 cm³/mol. The fourth-order valence-electron chi connectivity index (χ4n) is 2.74. The lowest BCUT2D eigenvalue weighted by Crippen LogP contribution is -2.44. The van der Waals surface area contributed by atoms with Gasteiger partial charge in [-0.15, -0.1) is 0 Å². The summed E-state index contributed by atoms with van der Waals surface area (Å²) in [6.07, 6.45) is 1.71. The van der Waals surface area contributed by atoms with Crippen LogP contribution >= 0.6 is 0 Å². The van der Waals surface area contributed by atoms with Gasteiger partial charge in [-0.2, -0.15) is 0 Å². The Morgan fingerprint density at radius 1 is 1.21 bits per heavy atom. The Morgan fingerprint density at radius 2 is 1.95 bits per heavy atom. The summed E-state index contributed by atoms with van der Waals surface area (Å²) >= 11 is 0. The van der Waals surface area contributed by atoms with Gasteiger partial charge in [-0.1, -0.05) is 20.8 Å². The van der Waals surface area contributed by atoms with Crippen LogP contribution in [0.4, 0.5) is 0 Å². The number of esters is 1. The van der Waals surface area contributed by atoms with E-state index < -0.39 is 0 Å². The molecule has 0 aromatic rings. The molecule has 2 saturated heterocycles. The quantitative estimate of drug-likeness (QED) is 0.663. The number of carbonyl (C=O) groups is 2. The van der Waals surface area contributed by atoms with Crippen LogP contribution in [-0.2, 0) is 14.3 Å². The summed E-state index contributed by atoms with van der Waals surface area (Å²) in [6, 6.07) is -0.0929. The smallest absolute Gasteiger partial charge is 0.323 e. The van der Waals surface area contributed by atoms with Crippen LogP contribution in [0.5, 0.6) is 0 Å². The Morgan fingerprint density at radius 3 is 2.53 bits per heavy atom. The molecule has 2 aliphatic rings. The van der Waals surface area contributed by atoms with Crippen LogP contribution in [-0.4, -0.2) is 60.5 Å². The molecule has 2 aliphatic heterocycles. The zero-order valence-corrected chi connectivity index (χ0v) is 12.1. The van der Waals surface area contributed by atoms with E-state index in [9.17, 15) is 9.59 Å². The molecule has 0 N–H and O–H groups in total. The fourth-order valence-corrected chi connectivity index (χ4v) is 2.74. The van der Waals surface area contributed by atoms with Crippen LogP contribution in [0.15, 0.2) is 0 Å². The van der Waals surface area contributed by atoms with Gasteiger partial charge in [-0.3, -0.25) is 14.5 Å². The van der Waals surface area contributed by atoms with Crippen molar-refractivity contribution < 1.29 is 14.3 Å². The topological polar surface area (TPSA) is 49.9 Å². The van der Waals surface area contributed by atoms with E-state index >= 15 is 0 Å². The van der Waals surface area contributed by atoms with Gasteiger partial charge in [0, 0.05) is 38.0 Å². The van der Waals surface area contributed by atoms with Crippen molar-refractivity contribution in [3.63, 3.8) is 0 Å². The van der Waals surface area contributed by atoms with Gasteiger partial charge in [-0.05, 0) is 6.42 Å². The second kappa shape index (κ2) is 5.49. The first-order valence-electron chi connectivity index (χ1n) is 7.09. The second-order valence-electron chi connectivity index (χ2n) is 6.40. The van der Waals surface area contributed by atoms with Crippen LogP contribution in [0.3, 0.4) is 0 Å². The van der Waals surface area contributed by atoms with Crippen LogP contribution in [0.25, 0.3) is 0 Å². The number of hydrogen-bond donors (Lipinski definition) is 0. The Kier molecular flexibility index (Phi) is 4.13. The Balaban J connectivity index is 1.95. The van der Waals surface area contributed by atoms with Crippen molar-refractivity contribution in [2.45, 2.75) is 39.7 Å². The standard InChI is InChI=1S/C14H24N2O3/c1-14(2,3)13(18)16-7-4-6-15(8-9-16)11-5-10-19-12(11)17/h11H,4-10H2,1-3H3/t11-/m0/s1. The van der Waals surface area contributed by atoms with Crippen molar-refractivity contribution in [2.24, 2.45) is 5.41 Å². The van der Waals surface area contributed by atoms with Gasteiger partial charge in [0.05, 0.1) is 6.61 Å². The number of hydrogen-bond acceptors (Lipinski definition) is 4. The van der Waals surface area contributed by atoms with Gasteiger partial charge < -0.3 is 9.64 Å². The van der Waals surface area contributed by atoms with Gasteiger partial charge in [0.25, 0.3) is 0 Å². The first kappa shape index (κ1) is 14.3. The minimum absolute atomic E-state index is 0.0929. The molecule has 1 amide bonds. The third kappa shape index (κ3) is 3.26. The molecule has 5 nitrogen and oxygen atoms in total. The predicted octanol–water partition coefficient (Wildman–Crippen LogP) is 0.882. The van der Waals surface area contributed by atoms with Crippen molar-refractivity contribution in [3.8, 4) is 0 Å². The summed E-state index contributed by atoms with van der Waals surface area (Å²) in [5.41, 5.74) is -0.332. The Labute approximate surface area is 114 Å². The van der Waals surface area contributed by atoms with E-state index in [4.69, 9.17) is 4.74 Å². The lowest BCUT2D eigenvalue weighted by Gasteiger charge is -2.29. The van der Waals surface area contributed by atoms with Crippen LogP contribution < -0.4 is 0 Å². The van der Waals surface area contributed by atoms with Crippen molar-refractivity contribution in [2.75, 3.05) is 32.8 Å². The van der Waals surface area contributed by atoms with Crippen LogP contribution in [0.1, 0.15) is 33.6 Å². The minimum Gasteiger partial charge on any atom is -0.464 e. The molecule has 2 heterocycles. The zero-order chi connectivity index (χ0) is 14.0. The van der Waals surface area contributed by atoms with Gasteiger partial charge in [0.15, 0.2) is 0 Å². The molecule has 0 aromatic heterocycles. The molecule has 0 unspecified atom stereocenters. The van der Waals surface area contributed by atoms with E-state index in [0.717, 1.165) is 32.5 Å². The molecule has 0 aliphatic carbocycles. The summed E-state index contributed by atoms with van der Waals surface area (Å²) in [7, 11) is 0. The zero-order valence-electron chi connectivity index (χ0n) is 12.1. The molecule has 2 fully saturated rings. The number of carbonyl (C=O) groups excluding carboxylic acids is 2. The summed E-state index contributed by atoms with van der Waals surface area (Å²) in [4.78, 5) is 28.0. The fraction of sp³-hybridized carbons (Fsp3) is 0.857. The molecule has 2 rings (SSSR count). The number of cyclic esters (lactones) is 1.